The Labute approximate surface area is 229 Å². The Bertz CT molecular complexity index is 1400. The number of anilines is 1. The highest BCUT2D eigenvalue weighted by atomic mass is 19.1. The molecule has 1 saturated carbocycles. The van der Waals surface area contributed by atoms with E-state index >= 15 is 0 Å². The van der Waals surface area contributed by atoms with E-state index in [0.717, 1.165) is 48.9 Å². The largest absolute Gasteiger partial charge is 0.469 e. The molecule has 2 aliphatic rings. The number of esters is 1. The van der Waals surface area contributed by atoms with Crippen molar-refractivity contribution >= 4 is 17.6 Å². The Morgan fingerprint density at radius 1 is 1.15 bits per heavy atom. The van der Waals surface area contributed by atoms with Gasteiger partial charge in [0.1, 0.15) is 18.1 Å². The van der Waals surface area contributed by atoms with Gasteiger partial charge in [0.05, 0.1) is 18.7 Å². The second kappa shape index (κ2) is 10.2. The molecule has 0 radical (unpaired) electrons. The minimum absolute atomic E-state index is 0.00963. The van der Waals surface area contributed by atoms with Gasteiger partial charge in [-0.25, -0.2) is 9.07 Å². The van der Waals surface area contributed by atoms with E-state index in [-0.39, 0.29) is 41.5 Å². The molecule has 7 nitrogen and oxygen atoms in total. The first kappa shape index (κ1) is 27.0. The van der Waals surface area contributed by atoms with Crippen molar-refractivity contribution in [2.45, 2.75) is 77.7 Å². The third kappa shape index (κ3) is 4.74. The Hall–Kier alpha value is -3.55. The van der Waals surface area contributed by atoms with Crippen LogP contribution in [-0.4, -0.2) is 34.0 Å². The van der Waals surface area contributed by atoms with Gasteiger partial charge in [-0.3, -0.25) is 9.59 Å². The van der Waals surface area contributed by atoms with E-state index < -0.39 is 5.41 Å². The molecule has 206 valence electrons. The van der Waals surface area contributed by atoms with E-state index in [0.29, 0.717) is 5.69 Å². The van der Waals surface area contributed by atoms with E-state index in [1.54, 1.807) is 18.3 Å². The van der Waals surface area contributed by atoms with Gasteiger partial charge in [0.25, 0.3) is 0 Å². The lowest BCUT2D eigenvalue weighted by Gasteiger charge is -2.54. The number of hydrogen-bond donors (Lipinski definition) is 1. The zero-order chi connectivity index (χ0) is 27.9. The number of amides is 1. The molecule has 1 fully saturated rings. The maximum atomic E-state index is 13.3. The van der Waals surface area contributed by atoms with Crippen molar-refractivity contribution in [3.8, 4) is 11.3 Å². The van der Waals surface area contributed by atoms with Crippen molar-refractivity contribution in [3.05, 3.63) is 65.1 Å². The van der Waals surface area contributed by atoms with Gasteiger partial charge >= 0.3 is 5.97 Å². The summed E-state index contributed by atoms with van der Waals surface area (Å²) >= 11 is 0. The normalized spacial score (nSPS) is 24.1. The molecule has 0 aliphatic heterocycles. The zero-order valence-electron chi connectivity index (χ0n) is 23.4. The van der Waals surface area contributed by atoms with Crippen molar-refractivity contribution in [2.24, 2.45) is 11.3 Å². The fourth-order valence-electron chi connectivity index (χ4n) is 7.14. The van der Waals surface area contributed by atoms with E-state index in [2.05, 4.69) is 55.5 Å². The highest BCUT2D eigenvalue weighted by Gasteiger charge is 2.56. The van der Waals surface area contributed by atoms with Crippen molar-refractivity contribution in [3.63, 3.8) is 0 Å². The highest BCUT2D eigenvalue weighted by Crippen LogP contribution is 2.58. The third-order valence-corrected chi connectivity index (χ3v) is 9.10. The summed E-state index contributed by atoms with van der Waals surface area (Å²) in [6.45, 7) is 8.62. The number of fused-ring (bicyclic) bond motifs is 3. The standard InChI is InChI=1S/C31H37FN4O3/c1-19(2)22-11-13-24-23(12-14-26-30(24,3)15-6-16-31(26,4)29(38)39-5)28(22)33-27(37)18-36-17-25(34-35-36)20-7-9-21(32)10-8-20/h7-11,13,17,19,26H,6,12,14-16,18H2,1-5H3,(H,33,37)/t26-,30-,31-/m1/s1. The number of carbonyl (C=O) groups excluding carboxylic acids is 2. The van der Waals surface area contributed by atoms with Gasteiger partial charge in [-0.1, -0.05) is 44.5 Å². The number of nitrogens with zero attached hydrogens (tertiary/aromatic N) is 3. The molecule has 2 aliphatic carbocycles. The van der Waals surface area contributed by atoms with Crippen LogP contribution in [0.5, 0.6) is 0 Å². The molecule has 39 heavy (non-hydrogen) atoms. The fraction of sp³-hybridized carbons (Fsp3) is 0.484. The highest BCUT2D eigenvalue weighted by molar-refractivity contribution is 5.93. The van der Waals surface area contributed by atoms with Crippen LogP contribution in [0.4, 0.5) is 10.1 Å². The van der Waals surface area contributed by atoms with Crippen LogP contribution in [0.2, 0.25) is 0 Å². The molecule has 3 aromatic rings. The summed E-state index contributed by atoms with van der Waals surface area (Å²) in [7, 11) is 1.48. The minimum Gasteiger partial charge on any atom is -0.469 e. The van der Waals surface area contributed by atoms with Crippen LogP contribution in [0.25, 0.3) is 11.3 Å². The average Bonchev–Trinajstić information content (AvgIpc) is 3.36. The maximum absolute atomic E-state index is 13.3. The van der Waals surface area contributed by atoms with Crippen LogP contribution in [0.3, 0.4) is 0 Å². The molecule has 0 unspecified atom stereocenters. The molecule has 0 bridgehead atoms. The number of benzene rings is 2. The number of ether oxygens (including phenoxy) is 1. The summed E-state index contributed by atoms with van der Waals surface area (Å²) in [5.74, 6) is -0.231. The van der Waals surface area contributed by atoms with Crippen LogP contribution >= 0.6 is 0 Å². The van der Waals surface area contributed by atoms with Crippen LogP contribution in [0.15, 0.2) is 42.6 Å². The van der Waals surface area contributed by atoms with Gasteiger partial charge in [0, 0.05) is 11.3 Å². The third-order valence-electron chi connectivity index (χ3n) is 9.10. The van der Waals surface area contributed by atoms with Gasteiger partial charge in [-0.05, 0) is 90.8 Å². The van der Waals surface area contributed by atoms with E-state index in [1.807, 2.05) is 0 Å². The van der Waals surface area contributed by atoms with Crippen LogP contribution < -0.4 is 5.32 Å². The summed E-state index contributed by atoms with van der Waals surface area (Å²) in [6, 6.07) is 10.4. The monoisotopic (exact) mass is 532 g/mol. The molecule has 1 heterocycles. The van der Waals surface area contributed by atoms with Gasteiger partial charge in [0.2, 0.25) is 5.91 Å². The Kier molecular flexibility index (Phi) is 7.08. The van der Waals surface area contributed by atoms with Gasteiger partial charge in [0.15, 0.2) is 0 Å². The second-order valence-electron chi connectivity index (χ2n) is 11.8. The van der Waals surface area contributed by atoms with E-state index in [9.17, 15) is 14.0 Å². The molecule has 0 saturated heterocycles. The van der Waals surface area contributed by atoms with E-state index in [1.165, 1.54) is 35.1 Å². The smallest absolute Gasteiger partial charge is 0.311 e. The molecule has 8 heteroatoms. The number of nitrogens with one attached hydrogen (secondary N) is 1. The molecule has 0 spiro atoms. The van der Waals surface area contributed by atoms with Crippen molar-refractivity contribution in [2.75, 3.05) is 12.4 Å². The lowest BCUT2D eigenvalue weighted by molar-refractivity contribution is -0.161. The fourth-order valence-corrected chi connectivity index (χ4v) is 7.14. The maximum Gasteiger partial charge on any atom is 0.311 e. The number of hydrogen-bond acceptors (Lipinski definition) is 5. The number of rotatable bonds is 6. The first-order chi connectivity index (χ1) is 18.6. The topological polar surface area (TPSA) is 86.1 Å². The summed E-state index contributed by atoms with van der Waals surface area (Å²) in [5, 5.41) is 11.5. The Balaban J connectivity index is 1.44. The predicted molar refractivity (Wildman–Crippen MR) is 148 cm³/mol. The van der Waals surface area contributed by atoms with Crippen molar-refractivity contribution < 1.29 is 18.7 Å². The molecule has 2 aromatic carbocycles. The average molecular weight is 533 g/mol. The lowest BCUT2D eigenvalue weighted by Crippen LogP contribution is -2.52. The summed E-state index contributed by atoms with van der Waals surface area (Å²) in [6.07, 6.45) is 6.13. The van der Waals surface area contributed by atoms with Gasteiger partial charge in [-0.15, -0.1) is 5.10 Å². The summed E-state index contributed by atoms with van der Waals surface area (Å²) < 4.78 is 20.1. The number of aromatic nitrogens is 3. The molecule has 3 atom stereocenters. The van der Waals surface area contributed by atoms with Crippen molar-refractivity contribution in [1.82, 2.24) is 15.0 Å². The molecule has 5 rings (SSSR count). The Morgan fingerprint density at radius 2 is 1.90 bits per heavy atom. The molecule has 1 amide bonds. The number of methoxy groups -OCH3 is 1. The molecule has 1 aromatic heterocycles. The second-order valence-corrected chi connectivity index (χ2v) is 11.8. The summed E-state index contributed by atoms with van der Waals surface area (Å²) in [4.78, 5) is 26.2. The first-order valence-corrected chi connectivity index (χ1v) is 13.8. The van der Waals surface area contributed by atoms with Crippen LogP contribution in [0, 0.1) is 17.2 Å². The predicted octanol–water partition coefficient (Wildman–Crippen LogP) is 6.03. The summed E-state index contributed by atoms with van der Waals surface area (Å²) in [5.41, 5.74) is 5.00. The minimum atomic E-state index is -0.519. The van der Waals surface area contributed by atoms with Crippen LogP contribution in [-0.2, 0) is 32.7 Å². The molecule has 1 N–H and O–H groups in total. The van der Waals surface area contributed by atoms with Crippen LogP contribution in [0.1, 0.15) is 76.0 Å². The Morgan fingerprint density at radius 3 is 2.59 bits per heavy atom. The molecular weight excluding hydrogens is 495 g/mol. The first-order valence-electron chi connectivity index (χ1n) is 13.8. The SMILES string of the molecule is COC(=O)[C@]1(C)CCC[C@]2(C)c3ccc(C(C)C)c(NC(=O)Cn4cc(-c5ccc(F)cc5)nn4)c3CC[C@@H]12. The number of carbonyl (C=O) groups is 2. The van der Waals surface area contributed by atoms with Crippen molar-refractivity contribution in [1.29, 1.82) is 0 Å². The molecular formula is C31H37FN4O3. The van der Waals surface area contributed by atoms with Gasteiger partial charge in [-0.2, -0.15) is 0 Å². The van der Waals surface area contributed by atoms with Gasteiger partial charge < -0.3 is 10.1 Å². The van der Waals surface area contributed by atoms with E-state index in [4.69, 9.17) is 4.74 Å². The lowest BCUT2D eigenvalue weighted by atomic mass is 9.49. The quantitative estimate of drug-likeness (QED) is 0.392. The number of halogens is 1. The zero-order valence-corrected chi connectivity index (χ0v) is 23.4.